The van der Waals surface area contributed by atoms with Gasteiger partial charge in [-0.05, 0) is 47.4 Å². The van der Waals surface area contributed by atoms with E-state index in [1.807, 2.05) is 54.6 Å². The van der Waals surface area contributed by atoms with Crippen LogP contribution >= 0.6 is 0 Å². The molecule has 2 unspecified atom stereocenters. The van der Waals surface area contributed by atoms with Gasteiger partial charge < -0.3 is 15.0 Å². The van der Waals surface area contributed by atoms with E-state index in [9.17, 15) is 14.4 Å². The molecule has 2 heterocycles. The summed E-state index contributed by atoms with van der Waals surface area (Å²) in [6.07, 6.45) is 1.15. The number of carbonyl (C=O) groups excluding carboxylic acids is 3. The van der Waals surface area contributed by atoms with E-state index in [2.05, 4.69) is 5.32 Å². The molecular weight excluding hydrogens is 404 g/mol. The molecule has 2 amide bonds. The molecule has 0 bridgehead atoms. The second-order valence-electron chi connectivity index (χ2n) is 8.41. The average Bonchev–Trinajstić information content (AvgIpc) is 2.83. The number of benzene rings is 3. The Morgan fingerprint density at radius 2 is 1.75 bits per heavy atom. The van der Waals surface area contributed by atoms with Crippen molar-refractivity contribution in [2.24, 2.45) is 0 Å². The van der Waals surface area contributed by atoms with Gasteiger partial charge in [-0.25, -0.2) is 4.79 Å². The lowest BCUT2D eigenvalue weighted by atomic mass is 9.97. The molecule has 0 spiro atoms. The van der Waals surface area contributed by atoms with Gasteiger partial charge in [0.25, 0.3) is 11.8 Å². The van der Waals surface area contributed by atoms with Gasteiger partial charge in [-0.3, -0.25) is 9.59 Å². The monoisotopic (exact) mass is 428 g/mol. The van der Waals surface area contributed by atoms with E-state index in [4.69, 9.17) is 4.74 Å². The van der Waals surface area contributed by atoms with Crippen LogP contribution in [0.3, 0.4) is 0 Å². The van der Waals surface area contributed by atoms with Crippen molar-refractivity contribution in [3.05, 3.63) is 83.4 Å². The first-order chi connectivity index (χ1) is 15.6. The largest absolute Gasteiger partial charge is 0.448 e. The highest BCUT2D eigenvalue weighted by atomic mass is 16.5. The summed E-state index contributed by atoms with van der Waals surface area (Å²) >= 11 is 0. The number of nitrogens with zero attached hydrogens (tertiary/aromatic N) is 1. The lowest BCUT2D eigenvalue weighted by molar-refractivity contribution is -0.142. The summed E-state index contributed by atoms with van der Waals surface area (Å²) in [6.45, 7) is 1.00. The zero-order chi connectivity index (χ0) is 22.1. The minimum Gasteiger partial charge on any atom is -0.448 e. The maximum Gasteiger partial charge on any atom is 0.339 e. The predicted octanol–water partition coefficient (Wildman–Crippen LogP) is 3.34. The summed E-state index contributed by atoms with van der Waals surface area (Å²) < 4.78 is 5.44. The van der Waals surface area contributed by atoms with Gasteiger partial charge in [0.2, 0.25) is 0 Å². The molecule has 32 heavy (non-hydrogen) atoms. The lowest BCUT2D eigenvalue weighted by Crippen LogP contribution is -2.53. The van der Waals surface area contributed by atoms with Crippen LogP contribution < -0.4 is 5.32 Å². The Morgan fingerprint density at radius 1 is 0.969 bits per heavy atom. The van der Waals surface area contributed by atoms with Crippen molar-refractivity contribution < 1.29 is 19.1 Å². The van der Waals surface area contributed by atoms with Gasteiger partial charge in [0.15, 0.2) is 6.10 Å². The molecule has 6 heteroatoms. The highest BCUT2D eigenvalue weighted by molar-refractivity contribution is 5.99. The van der Waals surface area contributed by atoms with Gasteiger partial charge in [0.05, 0.1) is 5.56 Å². The summed E-state index contributed by atoms with van der Waals surface area (Å²) in [6, 6.07) is 20.6. The maximum absolute atomic E-state index is 13.1. The second kappa shape index (κ2) is 8.46. The minimum atomic E-state index is -0.813. The molecule has 0 aliphatic carbocycles. The molecule has 2 aliphatic rings. The number of cyclic esters (lactones) is 1. The number of hydrogen-bond acceptors (Lipinski definition) is 4. The summed E-state index contributed by atoms with van der Waals surface area (Å²) in [4.78, 5) is 39.9. The van der Waals surface area contributed by atoms with Crippen LogP contribution in [0.4, 0.5) is 0 Å². The molecule has 1 N–H and O–H groups in total. The van der Waals surface area contributed by atoms with E-state index in [1.54, 1.807) is 17.0 Å². The van der Waals surface area contributed by atoms with E-state index in [0.29, 0.717) is 30.6 Å². The molecular formula is C26H24N2O4. The molecule has 3 aromatic rings. The Hall–Kier alpha value is -3.67. The van der Waals surface area contributed by atoms with Gasteiger partial charge in [0.1, 0.15) is 0 Å². The standard InChI is InChI=1S/C26H24N2O4/c29-24(20-12-11-17-6-1-2-7-18(17)14-20)27-21-9-5-13-28(16-21)25(30)23-15-19-8-3-4-10-22(19)26(31)32-23/h1-4,6-8,10-12,14,21,23H,5,9,13,15-16H2,(H,27,29). The average molecular weight is 428 g/mol. The van der Waals surface area contributed by atoms with Gasteiger partial charge in [-0.2, -0.15) is 0 Å². The molecule has 5 rings (SSSR count). The Labute approximate surface area is 186 Å². The third-order valence-corrected chi connectivity index (χ3v) is 6.25. The summed E-state index contributed by atoms with van der Waals surface area (Å²) in [7, 11) is 0. The summed E-state index contributed by atoms with van der Waals surface area (Å²) in [5.74, 6) is -0.797. The summed E-state index contributed by atoms with van der Waals surface area (Å²) in [5, 5.41) is 5.17. The molecule has 3 aromatic carbocycles. The third-order valence-electron chi connectivity index (χ3n) is 6.25. The first-order valence-electron chi connectivity index (χ1n) is 11.0. The minimum absolute atomic E-state index is 0.141. The van der Waals surface area contributed by atoms with E-state index < -0.39 is 12.1 Å². The molecule has 0 radical (unpaired) electrons. The molecule has 0 aromatic heterocycles. The van der Waals surface area contributed by atoms with Crippen LogP contribution in [0.15, 0.2) is 66.7 Å². The fraction of sp³-hybridized carbons (Fsp3) is 0.269. The van der Waals surface area contributed by atoms with Crippen LogP contribution in [-0.4, -0.2) is 47.9 Å². The van der Waals surface area contributed by atoms with Crippen molar-refractivity contribution in [1.29, 1.82) is 0 Å². The topological polar surface area (TPSA) is 75.7 Å². The van der Waals surface area contributed by atoms with Gasteiger partial charge in [0, 0.05) is 31.1 Å². The van der Waals surface area contributed by atoms with Crippen molar-refractivity contribution in [2.75, 3.05) is 13.1 Å². The Balaban J connectivity index is 1.24. The van der Waals surface area contributed by atoms with Gasteiger partial charge in [-0.1, -0.05) is 48.5 Å². The molecule has 162 valence electrons. The molecule has 2 aliphatic heterocycles. The van der Waals surface area contributed by atoms with Crippen molar-refractivity contribution in [3.8, 4) is 0 Å². The molecule has 2 atom stereocenters. The number of amides is 2. The highest BCUT2D eigenvalue weighted by Gasteiger charge is 2.35. The van der Waals surface area contributed by atoms with Crippen molar-refractivity contribution in [1.82, 2.24) is 10.2 Å². The summed E-state index contributed by atoms with van der Waals surface area (Å²) in [5.41, 5.74) is 1.96. The number of likely N-dealkylation sites (tertiary alicyclic amines) is 1. The van der Waals surface area contributed by atoms with Crippen LogP contribution in [0, 0.1) is 0 Å². The number of fused-ring (bicyclic) bond motifs is 2. The molecule has 0 saturated carbocycles. The number of esters is 1. The molecule has 6 nitrogen and oxygen atoms in total. The van der Waals surface area contributed by atoms with Crippen LogP contribution in [-0.2, 0) is 16.0 Å². The van der Waals surface area contributed by atoms with Crippen LogP contribution in [0.1, 0.15) is 39.1 Å². The number of piperidine rings is 1. The third kappa shape index (κ3) is 3.96. The first-order valence-corrected chi connectivity index (χ1v) is 11.0. The number of carbonyl (C=O) groups is 3. The van der Waals surface area contributed by atoms with E-state index in [0.717, 1.165) is 29.2 Å². The van der Waals surface area contributed by atoms with Crippen LogP contribution in [0.2, 0.25) is 0 Å². The Bertz CT molecular complexity index is 1210. The quantitative estimate of drug-likeness (QED) is 0.650. The fourth-order valence-corrected chi connectivity index (χ4v) is 4.57. The highest BCUT2D eigenvalue weighted by Crippen LogP contribution is 2.23. The van der Waals surface area contributed by atoms with Crippen molar-refractivity contribution in [2.45, 2.75) is 31.4 Å². The van der Waals surface area contributed by atoms with E-state index in [-0.39, 0.29) is 17.9 Å². The van der Waals surface area contributed by atoms with Crippen molar-refractivity contribution >= 4 is 28.6 Å². The fourth-order valence-electron chi connectivity index (χ4n) is 4.57. The SMILES string of the molecule is O=C(NC1CCCN(C(=O)C2Cc3ccccc3C(=O)O2)C1)c1ccc2ccccc2c1. The zero-order valence-corrected chi connectivity index (χ0v) is 17.6. The van der Waals surface area contributed by atoms with Gasteiger partial charge >= 0.3 is 5.97 Å². The van der Waals surface area contributed by atoms with E-state index in [1.165, 1.54) is 0 Å². The number of nitrogens with one attached hydrogen (secondary N) is 1. The van der Waals surface area contributed by atoms with Crippen molar-refractivity contribution in [3.63, 3.8) is 0 Å². The maximum atomic E-state index is 13.1. The number of hydrogen-bond donors (Lipinski definition) is 1. The Kier molecular flexibility index (Phi) is 5.35. The van der Waals surface area contributed by atoms with E-state index >= 15 is 0 Å². The Morgan fingerprint density at radius 3 is 2.62 bits per heavy atom. The predicted molar refractivity (Wildman–Crippen MR) is 120 cm³/mol. The van der Waals surface area contributed by atoms with Gasteiger partial charge in [-0.15, -0.1) is 0 Å². The second-order valence-corrected chi connectivity index (χ2v) is 8.41. The molecule has 1 fully saturated rings. The first kappa shape index (κ1) is 20.2. The van der Waals surface area contributed by atoms with Crippen LogP contribution in [0.5, 0.6) is 0 Å². The number of ether oxygens (including phenoxy) is 1. The lowest BCUT2D eigenvalue weighted by Gasteiger charge is -2.36. The molecule has 1 saturated heterocycles. The zero-order valence-electron chi connectivity index (χ0n) is 17.6. The van der Waals surface area contributed by atoms with Crippen LogP contribution in [0.25, 0.3) is 10.8 Å². The smallest absolute Gasteiger partial charge is 0.339 e. The number of rotatable bonds is 3. The normalized spacial score (nSPS) is 20.4.